The summed E-state index contributed by atoms with van der Waals surface area (Å²) in [6, 6.07) is 0. The average molecular weight is 329 g/mol. The highest BCUT2D eigenvalue weighted by Crippen LogP contribution is 2.36. The van der Waals surface area contributed by atoms with Crippen molar-refractivity contribution in [2.75, 3.05) is 0 Å². The smallest absolute Gasteiger partial charge is 0.106 e. The summed E-state index contributed by atoms with van der Waals surface area (Å²) < 4.78 is 0. The maximum atomic E-state index is 4.44. The number of aromatic amines is 1. The summed E-state index contributed by atoms with van der Waals surface area (Å²) in [7, 11) is 0. The molecule has 0 saturated carbocycles. The summed E-state index contributed by atoms with van der Waals surface area (Å²) in [5.74, 6) is 1.13. The lowest BCUT2D eigenvalue weighted by atomic mass is 9.74. The summed E-state index contributed by atoms with van der Waals surface area (Å²) in [6.07, 6.45) is 30.5. The van der Waals surface area contributed by atoms with Gasteiger partial charge in [-0.1, -0.05) is 95.4 Å². The van der Waals surface area contributed by atoms with Crippen molar-refractivity contribution in [3.05, 3.63) is 42.5 Å². The van der Waals surface area contributed by atoms with Crippen molar-refractivity contribution in [2.45, 2.75) is 90.4 Å². The van der Waals surface area contributed by atoms with Crippen LogP contribution in [0.4, 0.5) is 0 Å². The largest absolute Gasteiger partial charge is 0.349 e. The van der Waals surface area contributed by atoms with E-state index in [-0.39, 0.29) is 5.41 Å². The number of nitrogens with zero attached hydrogens (tertiary/aromatic N) is 1. The first-order valence-electron chi connectivity index (χ1n) is 10.2. The molecule has 1 N–H and O–H groups in total. The van der Waals surface area contributed by atoms with Gasteiger partial charge >= 0.3 is 0 Å². The van der Waals surface area contributed by atoms with Gasteiger partial charge in [-0.05, 0) is 18.3 Å². The lowest BCUT2D eigenvalue weighted by Crippen LogP contribution is -2.22. The minimum absolute atomic E-state index is 0.284. The minimum atomic E-state index is 0.284. The maximum absolute atomic E-state index is 4.44. The lowest BCUT2D eigenvalue weighted by molar-refractivity contribution is 0.325. The number of H-pyrrole nitrogens is 1. The number of unbranched alkanes of at least 4 members (excludes halogenated alkanes) is 9. The third-order valence-electron chi connectivity index (χ3n) is 5.32. The second-order valence-corrected chi connectivity index (χ2v) is 7.50. The number of hydrogen-bond donors (Lipinski definition) is 1. The van der Waals surface area contributed by atoms with Gasteiger partial charge in [0.2, 0.25) is 0 Å². The third kappa shape index (κ3) is 7.07. The van der Waals surface area contributed by atoms with E-state index in [4.69, 9.17) is 0 Å². The first kappa shape index (κ1) is 19.0. The topological polar surface area (TPSA) is 28.7 Å². The molecule has 1 aromatic rings. The molecule has 0 saturated heterocycles. The lowest BCUT2D eigenvalue weighted by Gasteiger charge is -2.30. The average Bonchev–Trinajstić information content (AvgIpc) is 3.10. The van der Waals surface area contributed by atoms with Crippen molar-refractivity contribution in [3.8, 4) is 0 Å². The van der Waals surface area contributed by atoms with E-state index < -0.39 is 0 Å². The van der Waals surface area contributed by atoms with Gasteiger partial charge in [-0.3, -0.25) is 0 Å². The highest BCUT2D eigenvalue weighted by molar-refractivity contribution is 5.18. The fraction of sp³-hybridized carbons (Fsp3) is 0.682. The van der Waals surface area contributed by atoms with Crippen LogP contribution in [0.25, 0.3) is 0 Å². The molecule has 2 heteroatoms. The predicted molar refractivity (Wildman–Crippen MR) is 104 cm³/mol. The SMILES string of the molecule is CCCCCCCCCCCCC1(Cc2ncc[nH]2)C=CC=CC1. The Bertz CT molecular complexity index is 472. The van der Waals surface area contributed by atoms with Gasteiger partial charge < -0.3 is 4.98 Å². The summed E-state index contributed by atoms with van der Waals surface area (Å²) in [5, 5.41) is 0. The van der Waals surface area contributed by atoms with Crippen LogP contribution in [0.2, 0.25) is 0 Å². The van der Waals surface area contributed by atoms with Gasteiger partial charge in [0, 0.05) is 18.8 Å². The van der Waals surface area contributed by atoms with Crippen molar-refractivity contribution < 1.29 is 0 Å². The third-order valence-corrected chi connectivity index (χ3v) is 5.32. The molecule has 1 atom stereocenters. The second-order valence-electron chi connectivity index (χ2n) is 7.50. The Hall–Kier alpha value is -1.31. The molecular weight excluding hydrogens is 292 g/mol. The zero-order chi connectivity index (χ0) is 16.9. The van der Waals surface area contributed by atoms with Crippen molar-refractivity contribution in [2.24, 2.45) is 5.41 Å². The van der Waals surface area contributed by atoms with Crippen LogP contribution in [0, 0.1) is 5.41 Å². The Kier molecular flexibility index (Phi) is 8.94. The van der Waals surface area contributed by atoms with E-state index >= 15 is 0 Å². The van der Waals surface area contributed by atoms with E-state index in [2.05, 4.69) is 41.2 Å². The molecule has 0 bridgehead atoms. The van der Waals surface area contributed by atoms with Gasteiger partial charge in [0.05, 0.1) is 0 Å². The molecule has 1 heterocycles. The molecule has 0 radical (unpaired) electrons. The van der Waals surface area contributed by atoms with E-state index in [1.165, 1.54) is 70.6 Å². The monoisotopic (exact) mass is 328 g/mol. The highest BCUT2D eigenvalue weighted by Gasteiger charge is 2.27. The van der Waals surface area contributed by atoms with Crippen LogP contribution < -0.4 is 0 Å². The number of allylic oxidation sites excluding steroid dienone is 4. The highest BCUT2D eigenvalue weighted by atomic mass is 14.9. The summed E-state index contributed by atoms with van der Waals surface area (Å²) in [5.41, 5.74) is 0.284. The molecule has 2 rings (SSSR count). The molecule has 134 valence electrons. The van der Waals surface area contributed by atoms with Crippen LogP contribution in [-0.2, 0) is 6.42 Å². The van der Waals surface area contributed by atoms with Crippen LogP contribution in [0.1, 0.15) is 89.8 Å². The molecular formula is C22H36N2. The van der Waals surface area contributed by atoms with Gasteiger partial charge in [0.1, 0.15) is 5.82 Å². The van der Waals surface area contributed by atoms with Crippen molar-refractivity contribution >= 4 is 0 Å². The quantitative estimate of drug-likeness (QED) is 0.398. The van der Waals surface area contributed by atoms with Gasteiger partial charge in [-0.25, -0.2) is 4.98 Å². The Labute approximate surface area is 148 Å². The summed E-state index contributed by atoms with van der Waals surface area (Å²) in [6.45, 7) is 2.29. The van der Waals surface area contributed by atoms with Gasteiger partial charge in [0.25, 0.3) is 0 Å². The Morgan fingerprint density at radius 3 is 2.25 bits per heavy atom. The number of aromatic nitrogens is 2. The van der Waals surface area contributed by atoms with Crippen LogP contribution in [0.3, 0.4) is 0 Å². The fourth-order valence-corrected chi connectivity index (χ4v) is 3.81. The number of nitrogens with one attached hydrogen (secondary N) is 1. The predicted octanol–water partition coefficient (Wildman–Crippen LogP) is 6.77. The molecule has 0 amide bonds. The Morgan fingerprint density at radius 1 is 0.958 bits per heavy atom. The molecule has 24 heavy (non-hydrogen) atoms. The van der Waals surface area contributed by atoms with Gasteiger partial charge in [-0.2, -0.15) is 0 Å². The van der Waals surface area contributed by atoms with E-state index in [9.17, 15) is 0 Å². The van der Waals surface area contributed by atoms with Crippen LogP contribution in [-0.4, -0.2) is 9.97 Å². The van der Waals surface area contributed by atoms with Crippen molar-refractivity contribution in [1.29, 1.82) is 0 Å². The Balaban J connectivity index is 1.60. The van der Waals surface area contributed by atoms with E-state index in [0.717, 1.165) is 18.7 Å². The first-order chi connectivity index (χ1) is 11.8. The molecule has 1 aromatic heterocycles. The van der Waals surface area contributed by atoms with Gasteiger partial charge in [0.15, 0.2) is 0 Å². The molecule has 2 nitrogen and oxygen atoms in total. The van der Waals surface area contributed by atoms with Crippen LogP contribution in [0.15, 0.2) is 36.7 Å². The number of hydrogen-bond acceptors (Lipinski definition) is 1. The molecule has 0 fully saturated rings. The summed E-state index contributed by atoms with van der Waals surface area (Å²) >= 11 is 0. The van der Waals surface area contributed by atoms with Crippen molar-refractivity contribution in [1.82, 2.24) is 9.97 Å². The van der Waals surface area contributed by atoms with Crippen molar-refractivity contribution in [3.63, 3.8) is 0 Å². The number of rotatable bonds is 13. The molecule has 1 aliphatic carbocycles. The minimum Gasteiger partial charge on any atom is -0.349 e. The maximum Gasteiger partial charge on any atom is 0.106 e. The molecule has 0 aliphatic heterocycles. The molecule has 1 unspecified atom stereocenters. The van der Waals surface area contributed by atoms with Crippen LogP contribution in [0.5, 0.6) is 0 Å². The standard InChI is InChI=1S/C22H36N2/c1-2-3-4-5-6-7-8-9-10-12-15-22(16-13-11-14-17-22)20-21-23-18-19-24-21/h11,13-14,16,18-19H,2-10,12,15,17,20H2,1H3,(H,23,24). The molecule has 0 spiro atoms. The van der Waals surface area contributed by atoms with E-state index in [1.54, 1.807) is 0 Å². The number of imidazole rings is 1. The Morgan fingerprint density at radius 2 is 1.67 bits per heavy atom. The van der Waals surface area contributed by atoms with E-state index in [0.29, 0.717) is 0 Å². The first-order valence-corrected chi connectivity index (χ1v) is 10.2. The zero-order valence-electron chi connectivity index (χ0n) is 15.6. The molecule has 0 aromatic carbocycles. The van der Waals surface area contributed by atoms with E-state index in [1.807, 2.05) is 12.4 Å². The summed E-state index contributed by atoms with van der Waals surface area (Å²) in [4.78, 5) is 7.72. The fourth-order valence-electron chi connectivity index (χ4n) is 3.81. The van der Waals surface area contributed by atoms with Crippen LogP contribution >= 0.6 is 0 Å². The zero-order valence-corrected chi connectivity index (χ0v) is 15.6. The normalized spacial score (nSPS) is 19.9. The van der Waals surface area contributed by atoms with Gasteiger partial charge in [-0.15, -0.1) is 0 Å². The second kappa shape index (κ2) is 11.3. The molecule has 1 aliphatic rings.